The van der Waals surface area contributed by atoms with E-state index in [1.165, 1.54) is 13.2 Å². The maximum absolute atomic E-state index is 12.5. The zero-order valence-corrected chi connectivity index (χ0v) is 17.6. The molecular formula is C20H26F3N5O4. The molecule has 0 aliphatic heterocycles. The Hall–Kier alpha value is -2.99. The molecular weight excluding hydrogens is 431 g/mol. The first-order valence-electron chi connectivity index (χ1n) is 10.1. The maximum Gasteiger partial charge on any atom is 0.573 e. The number of aliphatic hydroxyl groups excluding tert-OH is 1. The average molecular weight is 457 g/mol. The molecule has 1 saturated carbocycles. The molecule has 1 aromatic heterocycles. The Kier molecular flexibility index (Phi) is 7.80. The van der Waals surface area contributed by atoms with Crippen LogP contribution in [0.25, 0.3) is 0 Å². The predicted molar refractivity (Wildman–Crippen MR) is 111 cm³/mol. The number of hydrogen-bond donors (Lipinski definition) is 4. The molecule has 2 aromatic rings. The minimum absolute atomic E-state index is 0.00350. The van der Waals surface area contributed by atoms with Crippen molar-refractivity contribution in [1.29, 1.82) is 0 Å². The number of nitrogens with zero attached hydrogens (tertiary/aromatic N) is 2. The second-order valence-electron chi connectivity index (χ2n) is 7.18. The second-order valence-corrected chi connectivity index (χ2v) is 7.18. The third-order valence-electron chi connectivity index (χ3n) is 4.91. The van der Waals surface area contributed by atoms with Crippen molar-refractivity contribution >= 4 is 11.6 Å². The lowest BCUT2D eigenvalue weighted by molar-refractivity contribution is -0.274. The fourth-order valence-corrected chi connectivity index (χ4v) is 3.46. The van der Waals surface area contributed by atoms with Crippen molar-refractivity contribution in [3.05, 3.63) is 30.5 Å². The van der Waals surface area contributed by atoms with Gasteiger partial charge in [0.2, 0.25) is 11.8 Å². The number of ether oxygens (including phenoxy) is 3. The highest BCUT2D eigenvalue weighted by Gasteiger charge is 2.31. The van der Waals surface area contributed by atoms with E-state index in [-0.39, 0.29) is 23.6 Å². The molecule has 176 valence electrons. The van der Waals surface area contributed by atoms with Crippen molar-refractivity contribution in [2.45, 2.75) is 50.5 Å². The predicted octanol–water partition coefficient (Wildman–Crippen LogP) is 3.09. The van der Waals surface area contributed by atoms with Crippen LogP contribution < -0.4 is 30.2 Å². The van der Waals surface area contributed by atoms with E-state index in [0.29, 0.717) is 11.8 Å². The van der Waals surface area contributed by atoms with Crippen LogP contribution >= 0.6 is 0 Å². The molecule has 1 aromatic carbocycles. The topological polar surface area (TPSA) is 110 Å². The molecule has 1 fully saturated rings. The molecule has 12 heteroatoms. The van der Waals surface area contributed by atoms with E-state index < -0.39 is 18.5 Å². The smallest absolute Gasteiger partial charge is 0.495 e. The minimum atomic E-state index is -4.82. The van der Waals surface area contributed by atoms with Crippen molar-refractivity contribution < 1.29 is 32.5 Å². The number of aliphatic hydroxyl groups is 1. The van der Waals surface area contributed by atoms with Crippen LogP contribution in [0.4, 0.5) is 24.8 Å². The van der Waals surface area contributed by atoms with Gasteiger partial charge >= 0.3 is 6.36 Å². The number of anilines is 2. The first-order chi connectivity index (χ1) is 15.3. The fraction of sp³-hybridized carbons (Fsp3) is 0.500. The van der Waals surface area contributed by atoms with Gasteiger partial charge in [0.15, 0.2) is 6.35 Å². The van der Waals surface area contributed by atoms with Crippen LogP contribution in [0.3, 0.4) is 0 Å². The molecule has 0 saturated heterocycles. The summed E-state index contributed by atoms with van der Waals surface area (Å²) in [6.07, 6.45) is -1.43. The molecule has 1 unspecified atom stereocenters. The maximum atomic E-state index is 12.5. The summed E-state index contributed by atoms with van der Waals surface area (Å²) < 4.78 is 52.4. The van der Waals surface area contributed by atoms with Gasteiger partial charge in [0, 0.05) is 31.4 Å². The summed E-state index contributed by atoms with van der Waals surface area (Å²) in [4.78, 5) is 8.29. The number of alkyl halides is 3. The van der Waals surface area contributed by atoms with Crippen molar-refractivity contribution in [3.63, 3.8) is 0 Å². The summed E-state index contributed by atoms with van der Waals surface area (Å²) >= 11 is 0. The molecule has 1 heterocycles. The van der Waals surface area contributed by atoms with Crippen molar-refractivity contribution in [2.24, 2.45) is 0 Å². The molecule has 0 spiro atoms. The molecule has 0 amide bonds. The number of halogens is 3. The first kappa shape index (κ1) is 23.7. The second kappa shape index (κ2) is 10.6. The SMILES string of the molecule is CNc1nccc(OC2CCC(NC(O)Nc3cc(OC(F)(F)F)ccc3OC)CC2)n1. The number of nitrogens with one attached hydrogen (secondary N) is 3. The lowest BCUT2D eigenvalue weighted by Crippen LogP contribution is -2.45. The van der Waals surface area contributed by atoms with E-state index in [0.717, 1.165) is 37.8 Å². The lowest BCUT2D eigenvalue weighted by atomic mass is 9.93. The Labute approximate surface area is 183 Å². The molecule has 3 rings (SSSR count). The van der Waals surface area contributed by atoms with Gasteiger partial charge in [-0.15, -0.1) is 13.2 Å². The fourth-order valence-electron chi connectivity index (χ4n) is 3.46. The Morgan fingerprint density at radius 1 is 1.16 bits per heavy atom. The largest absolute Gasteiger partial charge is 0.573 e. The number of hydrogen-bond acceptors (Lipinski definition) is 9. The van der Waals surface area contributed by atoms with Gasteiger partial charge in [0.25, 0.3) is 0 Å². The van der Waals surface area contributed by atoms with Crippen LogP contribution in [0, 0.1) is 0 Å². The molecule has 32 heavy (non-hydrogen) atoms. The Morgan fingerprint density at radius 3 is 2.56 bits per heavy atom. The normalized spacial score (nSPS) is 19.7. The zero-order chi connectivity index (χ0) is 23.1. The van der Waals surface area contributed by atoms with Crippen molar-refractivity contribution in [1.82, 2.24) is 15.3 Å². The molecule has 9 nitrogen and oxygen atoms in total. The highest BCUT2D eigenvalue weighted by molar-refractivity contribution is 5.60. The number of aromatic nitrogens is 2. The molecule has 4 N–H and O–H groups in total. The average Bonchev–Trinajstić information content (AvgIpc) is 2.74. The van der Waals surface area contributed by atoms with E-state index >= 15 is 0 Å². The summed E-state index contributed by atoms with van der Waals surface area (Å²) in [7, 11) is 3.10. The minimum Gasteiger partial charge on any atom is -0.495 e. The van der Waals surface area contributed by atoms with Gasteiger partial charge in [-0.05, 0) is 37.8 Å². The standard InChI is InChI=1S/C20H26F3N5O4/c1-24-18-25-10-9-17(28-18)31-13-5-3-12(4-6-13)26-19(29)27-15-11-14(32-20(21,22)23)7-8-16(15)30-2/h7-13,19,26-27,29H,3-6H2,1-2H3,(H,24,25,28). The van der Waals surface area contributed by atoms with E-state index in [1.54, 1.807) is 19.3 Å². The summed E-state index contributed by atoms with van der Waals surface area (Å²) in [6, 6.07) is 5.27. The summed E-state index contributed by atoms with van der Waals surface area (Å²) in [5, 5.41) is 19.0. The third-order valence-corrected chi connectivity index (χ3v) is 4.91. The molecule has 0 radical (unpaired) electrons. The van der Waals surface area contributed by atoms with Gasteiger partial charge in [0.05, 0.1) is 12.8 Å². The quantitative estimate of drug-likeness (QED) is 0.422. The zero-order valence-electron chi connectivity index (χ0n) is 17.6. The van der Waals surface area contributed by atoms with E-state index in [2.05, 4.69) is 30.7 Å². The summed E-state index contributed by atoms with van der Waals surface area (Å²) in [5.74, 6) is 0.822. The van der Waals surface area contributed by atoms with Crippen molar-refractivity contribution in [2.75, 3.05) is 24.8 Å². The van der Waals surface area contributed by atoms with Crippen LogP contribution in [0.2, 0.25) is 0 Å². The highest BCUT2D eigenvalue weighted by Crippen LogP contribution is 2.32. The van der Waals surface area contributed by atoms with Crippen LogP contribution in [-0.2, 0) is 0 Å². The van der Waals surface area contributed by atoms with Crippen LogP contribution in [-0.4, -0.2) is 54.1 Å². The van der Waals surface area contributed by atoms with Gasteiger partial charge in [0.1, 0.15) is 17.6 Å². The van der Waals surface area contributed by atoms with Crippen LogP contribution in [0.5, 0.6) is 17.4 Å². The van der Waals surface area contributed by atoms with Gasteiger partial charge in [-0.2, -0.15) is 4.98 Å². The van der Waals surface area contributed by atoms with E-state index in [9.17, 15) is 18.3 Å². The lowest BCUT2D eigenvalue weighted by Gasteiger charge is -2.31. The number of benzene rings is 1. The van der Waals surface area contributed by atoms with Gasteiger partial charge in [-0.1, -0.05) is 0 Å². The van der Waals surface area contributed by atoms with Gasteiger partial charge in [-0.25, -0.2) is 4.98 Å². The number of methoxy groups -OCH3 is 1. The van der Waals surface area contributed by atoms with Gasteiger partial charge in [-0.3, -0.25) is 5.32 Å². The summed E-state index contributed by atoms with van der Waals surface area (Å²) in [6.45, 7) is 0. The van der Waals surface area contributed by atoms with Crippen molar-refractivity contribution in [3.8, 4) is 17.4 Å². The van der Waals surface area contributed by atoms with Crippen LogP contribution in [0.15, 0.2) is 30.5 Å². The van der Waals surface area contributed by atoms with E-state index in [1.807, 2.05) is 0 Å². The summed E-state index contributed by atoms with van der Waals surface area (Å²) in [5.41, 5.74) is 0.162. The third kappa shape index (κ3) is 7.02. The number of rotatable bonds is 9. The highest BCUT2D eigenvalue weighted by atomic mass is 19.4. The van der Waals surface area contributed by atoms with Crippen LogP contribution in [0.1, 0.15) is 25.7 Å². The monoisotopic (exact) mass is 457 g/mol. The molecule has 1 atom stereocenters. The molecule has 1 aliphatic carbocycles. The Bertz CT molecular complexity index is 879. The molecule has 0 bridgehead atoms. The van der Waals surface area contributed by atoms with Gasteiger partial charge < -0.3 is 30.0 Å². The molecule has 1 aliphatic rings. The Morgan fingerprint density at radius 2 is 1.91 bits per heavy atom. The van der Waals surface area contributed by atoms with E-state index in [4.69, 9.17) is 9.47 Å². The first-order valence-corrected chi connectivity index (χ1v) is 10.1. The Balaban J connectivity index is 1.50.